The number of ether oxygens (including phenoxy) is 3. The minimum Gasteiger partial charge on any atom is -0.487 e. The molecule has 1 aliphatic rings. The predicted octanol–water partition coefficient (Wildman–Crippen LogP) is 4.09. The Hall–Kier alpha value is -3.94. The van der Waals surface area contributed by atoms with Crippen molar-refractivity contribution >= 4 is 27.6 Å². The molecule has 4 aromatic rings. The molecule has 36 heavy (non-hydrogen) atoms. The molecule has 0 aliphatic carbocycles. The van der Waals surface area contributed by atoms with Crippen LogP contribution in [0.2, 0.25) is 0 Å². The van der Waals surface area contributed by atoms with Gasteiger partial charge in [0.1, 0.15) is 35.6 Å². The van der Waals surface area contributed by atoms with Crippen LogP contribution in [0.1, 0.15) is 18.7 Å². The molecular formula is C26H26FN5O4. The lowest BCUT2D eigenvalue weighted by molar-refractivity contribution is -0.0858. The highest BCUT2D eigenvalue weighted by Crippen LogP contribution is 2.39. The van der Waals surface area contributed by atoms with Gasteiger partial charge in [0.15, 0.2) is 18.1 Å². The minimum absolute atomic E-state index is 0.0734. The average molecular weight is 492 g/mol. The van der Waals surface area contributed by atoms with E-state index in [1.165, 1.54) is 12.1 Å². The zero-order chi connectivity index (χ0) is 25.3. The van der Waals surface area contributed by atoms with Gasteiger partial charge in [-0.1, -0.05) is 0 Å². The second kappa shape index (κ2) is 9.60. The number of nitrogens with one attached hydrogen (secondary N) is 2. The van der Waals surface area contributed by atoms with Crippen molar-refractivity contribution in [1.82, 2.24) is 15.0 Å². The van der Waals surface area contributed by atoms with Gasteiger partial charge in [-0.15, -0.1) is 0 Å². The van der Waals surface area contributed by atoms with Crippen LogP contribution in [0.25, 0.3) is 33.2 Å². The van der Waals surface area contributed by atoms with Crippen molar-refractivity contribution in [2.45, 2.75) is 25.4 Å². The summed E-state index contributed by atoms with van der Waals surface area (Å²) in [4.78, 5) is 12.5. The van der Waals surface area contributed by atoms with E-state index in [0.717, 1.165) is 5.52 Å². The van der Waals surface area contributed by atoms with Crippen LogP contribution in [0, 0.1) is 24.1 Å². The number of nitriles is 1. The maximum Gasteiger partial charge on any atom is 0.174 e. The zero-order valence-electron chi connectivity index (χ0n) is 20.0. The molecule has 1 fully saturated rings. The van der Waals surface area contributed by atoms with Crippen molar-refractivity contribution < 1.29 is 23.7 Å². The van der Waals surface area contributed by atoms with Gasteiger partial charge in [0.25, 0.3) is 0 Å². The number of anilines is 1. The summed E-state index contributed by atoms with van der Waals surface area (Å²) in [5.41, 5.74) is 2.20. The number of nitrogens with zero attached hydrogens (tertiary/aromatic N) is 3. The van der Waals surface area contributed by atoms with Crippen molar-refractivity contribution in [1.29, 1.82) is 5.26 Å². The first-order chi connectivity index (χ1) is 17.4. The maximum atomic E-state index is 14.4. The van der Waals surface area contributed by atoms with E-state index in [-0.39, 0.29) is 19.0 Å². The summed E-state index contributed by atoms with van der Waals surface area (Å²) in [7, 11) is 1.73. The Morgan fingerprint density at radius 1 is 1.19 bits per heavy atom. The molecule has 2 aromatic carbocycles. The molecule has 0 amide bonds. The Kier molecular flexibility index (Phi) is 6.35. The number of hydrogen-bond acceptors (Lipinski definition) is 8. The highest BCUT2D eigenvalue weighted by atomic mass is 19.1. The highest BCUT2D eigenvalue weighted by molar-refractivity contribution is 6.15. The number of H-pyrrole nitrogens is 1. The molecule has 2 aromatic heterocycles. The fraction of sp³-hybridized carbons (Fsp3) is 0.346. The molecule has 0 saturated carbocycles. The second-order valence-corrected chi connectivity index (χ2v) is 8.83. The smallest absolute Gasteiger partial charge is 0.174 e. The summed E-state index contributed by atoms with van der Waals surface area (Å²) in [6.07, 6.45) is 0.951. The summed E-state index contributed by atoms with van der Waals surface area (Å²) in [6.45, 7) is 2.62. The van der Waals surface area contributed by atoms with E-state index in [4.69, 9.17) is 19.5 Å². The lowest BCUT2D eigenvalue weighted by atomic mass is 9.96. The van der Waals surface area contributed by atoms with E-state index >= 15 is 0 Å². The van der Waals surface area contributed by atoms with Gasteiger partial charge in [0, 0.05) is 44.1 Å². The maximum absolute atomic E-state index is 14.4. The van der Waals surface area contributed by atoms with Crippen molar-refractivity contribution in [2.75, 3.05) is 38.8 Å². The van der Waals surface area contributed by atoms with Crippen LogP contribution in [0.3, 0.4) is 0 Å². The Labute approximate surface area is 206 Å². The summed E-state index contributed by atoms with van der Waals surface area (Å²) >= 11 is 0. The normalized spacial score (nSPS) is 15.1. The van der Waals surface area contributed by atoms with Crippen molar-refractivity contribution in [3.05, 3.63) is 42.0 Å². The molecule has 9 nitrogen and oxygen atoms in total. The van der Waals surface area contributed by atoms with Crippen molar-refractivity contribution in [3.63, 3.8) is 0 Å². The number of hydrogen-bond donors (Lipinski definition) is 3. The Morgan fingerprint density at radius 2 is 2.00 bits per heavy atom. The first kappa shape index (κ1) is 23.8. The van der Waals surface area contributed by atoms with E-state index < -0.39 is 5.60 Å². The van der Waals surface area contributed by atoms with Gasteiger partial charge in [-0.3, -0.25) is 0 Å². The standard InChI is InChI=1S/C26H26FN5O4/c1-15-30-23(22-18-12-17(27)13-19(29-2)24(18)32-25(22)31-15)16-3-4-20(21(11-16)35-10-7-28)36-14-26(33)5-8-34-9-6-26/h3-4,11-13,29,33H,5-6,8-10,14H2,1-2H3,(H,30,31,32). The third kappa shape index (κ3) is 4.51. The monoisotopic (exact) mass is 491 g/mol. The summed E-state index contributed by atoms with van der Waals surface area (Å²) in [5, 5.41) is 24.2. The molecule has 1 aliphatic heterocycles. The number of benzene rings is 2. The number of aryl methyl sites for hydroxylation is 1. The number of rotatable bonds is 7. The molecule has 1 saturated heterocycles. The molecule has 3 N–H and O–H groups in total. The molecule has 0 spiro atoms. The van der Waals surface area contributed by atoms with Crippen LogP contribution >= 0.6 is 0 Å². The van der Waals surface area contributed by atoms with Gasteiger partial charge in [-0.2, -0.15) is 5.26 Å². The van der Waals surface area contributed by atoms with Gasteiger partial charge in [-0.05, 0) is 37.3 Å². The van der Waals surface area contributed by atoms with Crippen LogP contribution in [0.15, 0.2) is 30.3 Å². The first-order valence-electron chi connectivity index (χ1n) is 11.7. The topological polar surface area (TPSA) is 125 Å². The number of halogens is 1. The van der Waals surface area contributed by atoms with E-state index in [1.54, 1.807) is 26.1 Å². The number of fused-ring (bicyclic) bond motifs is 3. The molecule has 10 heteroatoms. The third-order valence-electron chi connectivity index (χ3n) is 6.34. The van der Waals surface area contributed by atoms with Crippen LogP contribution in [-0.2, 0) is 4.74 Å². The Morgan fingerprint density at radius 3 is 2.75 bits per heavy atom. The lowest BCUT2D eigenvalue weighted by Gasteiger charge is -2.31. The minimum atomic E-state index is -0.988. The summed E-state index contributed by atoms with van der Waals surface area (Å²) < 4.78 is 31.4. The van der Waals surface area contributed by atoms with Crippen LogP contribution < -0.4 is 14.8 Å². The molecule has 5 rings (SSSR count). The molecule has 0 unspecified atom stereocenters. The average Bonchev–Trinajstić information content (AvgIpc) is 3.23. The van der Waals surface area contributed by atoms with Crippen molar-refractivity contribution in [3.8, 4) is 28.8 Å². The zero-order valence-corrected chi connectivity index (χ0v) is 20.0. The van der Waals surface area contributed by atoms with Crippen LogP contribution in [0.4, 0.5) is 10.1 Å². The highest BCUT2D eigenvalue weighted by Gasteiger charge is 2.31. The number of aliphatic hydroxyl groups is 1. The van der Waals surface area contributed by atoms with E-state index in [2.05, 4.69) is 20.3 Å². The molecule has 0 bridgehead atoms. The Balaban J connectivity index is 1.60. The first-order valence-corrected chi connectivity index (χ1v) is 11.7. The van der Waals surface area contributed by atoms with Crippen LogP contribution in [0.5, 0.6) is 11.5 Å². The third-order valence-corrected chi connectivity index (χ3v) is 6.34. The van der Waals surface area contributed by atoms with E-state index in [1.807, 2.05) is 12.1 Å². The molecular weight excluding hydrogens is 465 g/mol. The van der Waals surface area contributed by atoms with Gasteiger partial charge < -0.3 is 29.6 Å². The predicted molar refractivity (Wildman–Crippen MR) is 133 cm³/mol. The van der Waals surface area contributed by atoms with Gasteiger partial charge >= 0.3 is 0 Å². The summed E-state index contributed by atoms with van der Waals surface area (Å²) in [6, 6.07) is 10.1. The Bertz CT molecular complexity index is 1470. The van der Waals surface area contributed by atoms with E-state index in [9.17, 15) is 9.50 Å². The molecule has 0 atom stereocenters. The fourth-order valence-corrected chi connectivity index (χ4v) is 4.49. The quantitative estimate of drug-likeness (QED) is 0.353. The molecule has 3 heterocycles. The lowest BCUT2D eigenvalue weighted by Crippen LogP contribution is -2.41. The van der Waals surface area contributed by atoms with Gasteiger partial charge in [0.2, 0.25) is 0 Å². The molecule has 0 radical (unpaired) electrons. The fourth-order valence-electron chi connectivity index (χ4n) is 4.49. The number of aromatic amines is 1. The van der Waals surface area contributed by atoms with Crippen LogP contribution in [-0.4, -0.2) is 59.1 Å². The SMILES string of the molecule is CNc1cc(F)cc2c1[nH]c1nc(C)nc(-c3ccc(OCC4(O)CCOCC4)c(OCC#N)c3)c12. The van der Waals surface area contributed by atoms with E-state index in [0.29, 0.717) is 76.7 Å². The largest absolute Gasteiger partial charge is 0.487 e. The van der Waals surface area contributed by atoms with Gasteiger partial charge in [0.05, 0.1) is 22.3 Å². The second-order valence-electron chi connectivity index (χ2n) is 8.83. The molecule has 186 valence electrons. The van der Waals surface area contributed by atoms with Gasteiger partial charge in [-0.25, -0.2) is 14.4 Å². The summed E-state index contributed by atoms with van der Waals surface area (Å²) in [5.74, 6) is 0.902. The number of aromatic nitrogens is 3. The van der Waals surface area contributed by atoms with Crippen molar-refractivity contribution in [2.24, 2.45) is 0 Å².